The van der Waals surface area contributed by atoms with Crippen molar-refractivity contribution in [3.05, 3.63) is 205 Å². The zero-order chi connectivity index (χ0) is 38.9. The number of para-hydroxylation sites is 2. The third-order valence-corrected chi connectivity index (χ3v) is 12.1. The fourth-order valence-corrected chi connectivity index (χ4v) is 9.34. The molecule has 0 aliphatic heterocycles. The molecule has 0 unspecified atom stereocenters. The van der Waals surface area contributed by atoms with Crippen LogP contribution in [0.1, 0.15) is 51.3 Å². The molecule has 57 heavy (non-hydrogen) atoms. The molecule has 2 nitrogen and oxygen atoms in total. The normalized spacial score (nSPS) is 13.1. The van der Waals surface area contributed by atoms with Crippen LogP contribution in [0.15, 0.2) is 188 Å². The Bertz CT molecular complexity index is 2940. The van der Waals surface area contributed by atoms with E-state index < -0.39 is 0 Å². The summed E-state index contributed by atoms with van der Waals surface area (Å²) in [6.45, 7) is 11.8. The first-order valence-electron chi connectivity index (χ1n) is 20.1. The van der Waals surface area contributed by atoms with Crippen molar-refractivity contribution in [1.29, 1.82) is 0 Å². The van der Waals surface area contributed by atoms with Crippen LogP contribution in [0.25, 0.3) is 60.9 Å². The molecule has 0 saturated heterocycles. The Morgan fingerprint density at radius 3 is 1.77 bits per heavy atom. The summed E-state index contributed by atoms with van der Waals surface area (Å²) in [6, 6.07) is 69.1. The topological polar surface area (TPSA) is 8.17 Å². The predicted molar refractivity (Wildman–Crippen MR) is 243 cm³/mol. The molecule has 9 aromatic rings. The lowest BCUT2D eigenvalue weighted by molar-refractivity contribution is 0.586. The van der Waals surface area contributed by atoms with Gasteiger partial charge in [-0.1, -0.05) is 186 Å². The molecule has 10 rings (SSSR count). The van der Waals surface area contributed by atoms with Crippen molar-refractivity contribution in [3.8, 4) is 39.1 Å². The monoisotopic (exact) mass is 734 g/mol. The number of nitrogens with zero attached hydrogens (tertiary/aromatic N) is 2. The van der Waals surface area contributed by atoms with Crippen LogP contribution in [0.5, 0.6) is 0 Å². The van der Waals surface area contributed by atoms with Gasteiger partial charge in [0.1, 0.15) is 0 Å². The molecule has 0 bridgehead atoms. The lowest BCUT2D eigenvalue weighted by Crippen LogP contribution is -2.19. The molecule has 0 spiro atoms. The Kier molecular flexibility index (Phi) is 8.09. The van der Waals surface area contributed by atoms with Crippen molar-refractivity contribution in [1.82, 2.24) is 4.57 Å². The minimum Gasteiger partial charge on any atom is -0.310 e. The van der Waals surface area contributed by atoms with E-state index in [-0.39, 0.29) is 10.8 Å². The number of hydrogen-bond acceptors (Lipinski definition) is 1. The van der Waals surface area contributed by atoms with Gasteiger partial charge >= 0.3 is 0 Å². The fourth-order valence-electron chi connectivity index (χ4n) is 9.34. The molecular weight excluding hydrogens is 689 g/mol. The van der Waals surface area contributed by atoms with E-state index in [1.165, 1.54) is 77.6 Å². The Morgan fingerprint density at radius 2 is 1.04 bits per heavy atom. The first kappa shape index (κ1) is 34.8. The Hall–Kier alpha value is -6.64. The average molecular weight is 735 g/mol. The molecule has 2 heteroatoms. The summed E-state index contributed by atoms with van der Waals surface area (Å²) in [5, 5.41) is 2.50. The van der Waals surface area contributed by atoms with Gasteiger partial charge < -0.3 is 9.47 Å². The van der Waals surface area contributed by atoms with Gasteiger partial charge in [-0.05, 0) is 80.8 Å². The molecule has 8 aromatic carbocycles. The Balaban J connectivity index is 1.28. The van der Waals surface area contributed by atoms with E-state index in [0.29, 0.717) is 0 Å². The van der Waals surface area contributed by atoms with Crippen LogP contribution in [0.2, 0.25) is 0 Å². The number of hydrogen-bond donors (Lipinski definition) is 0. The van der Waals surface area contributed by atoms with E-state index in [9.17, 15) is 0 Å². The lowest BCUT2D eigenvalue weighted by atomic mass is 9.79. The molecule has 0 radical (unpaired) electrons. The number of fused-ring (bicyclic) bond motifs is 6. The zero-order valence-corrected chi connectivity index (χ0v) is 33.3. The third kappa shape index (κ3) is 5.62. The highest BCUT2D eigenvalue weighted by atomic mass is 15.1. The fraction of sp³-hybridized carbons (Fsp3) is 0.127. The van der Waals surface area contributed by atoms with Crippen LogP contribution in [0, 0.1) is 0 Å². The largest absolute Gasteiger partial charge is 0.310 e. The van der Waals surface area contributed by atoms with Crippen molar-refractivity contribution in [2.45, 2.75) is 45.4 Å². The van der Waals surface area contributed by atoms with Crippen molar-refractivity contribution in [2.24, 2.45) is 0 Å². The molecule has 1 aromatic heterocycles. The molecule has 0 N–H and O–H groups in total. The van der Waals surface area contributed by atoms with Gasteiger partial charge in [0, 0.05) is 38.7 Å². The maximum absolute atomic E-state index is 2.59. The van der Waals surface area contributed by atoms with Gasteiger partial charge in [0.2, 0.25) is 0 Å². The van der Waals surface area contributed by atoms with E-state index in [2.05, 4.69) is 232 Å². The number of aromatic nitrogens is 1. The summed E-state index contributed by atoms with van der Waals surface area (Å²) in [4.78, 5) is 2.44. The van der Waals surface area contributed by atoms with Gasteiger partial charge in [0.15, 0.2) is 0 Å². The second-order valence-electron chi connectivity index (χ2n) is 17.0. The van der Waals surface area contributed by atoms with E-state index in [1.807, 2.05) is 0 Å². The number of anilines is 3. The maximum atomic E-state index is 2.59. The van der Waals surface area contributed by atoms with E-state index >= 15 is 0 Å². The first-order valence-corrected chi connectivity index (χ1v) is 20.1. The van der Waals surface area contributed by atoms with Crippen LogP contribution >= 0.6 is 0 Å². The second-order valence-corrected chi connectivity index (χ2v) is 17.0. The third-order valence-electron chi connectivity index (χ3n) is 12.1. The van der Waals surface area contributed by atoms with Crippen LogP contribution < -0.4 is 4.90 Å². The highest BCUT2D eigenvalue weighted by molar-refractivity contribution is 6.11. The standard InChI is InChI=1S/C55H46N2/c1-54(2,3)48-35-34-47-52(45-24-12-15-25-46(45)55(47,4)5)53(48)57-50-27-17-14-23-43(50)44-33-32-41(36-51(44)57)56(40-30-28-38(29-31-40)37-18-8-6-9-19-37)49-26-16-13-22-42(49)39-20-10-7-11-21-39/h6-36H,1-5H3. The SMILES string of the molecule is CC(C)(C)c1ccc2c(c1-n1c3ccccc3c3ccc(N(c4ccc(-c5ccccc5)cc4)c4ccccc4-c4ccccc4)cc31)-c1ccccc1C2(C)C. The van der Waals surface area contributed by atoms with Crippen molar-refractivity contribution < 1.29 is 0 Å². The molecule has 1 heterocycles. The van der Waals surface area contributed by atoms with Gasteiger partial charge in [-0.3, -0.25) is 0 Å². The molecule has 276 valence electrons. The summed E-state index contributed by atoms with van der Waals surface area (Å²) in [7, 11) is 0. The smallest absolute Gasteiger partial charge is 0.0581 e. The van der Waals surface area contributed by atoms with Gasteiger partial charge in [-0.25, -0.2) is 0 Å². The summed E-state index contributed by atoms with van der Waals surface area (Å²) < 4.78 is 2.59. The first-order chi connectivity index (χ1) is 27.7. The summed E-state index contributed by atoms with van der Waals surface area (Å²) in [5.41, 5.74) is 18.4. The highest BCUT2D eigenvalue weighted by Crippen LogP contribution is 2.54. The highest BCUT2D eigenvalue weighted by Gasteiger charge is 2.39. The number of benzene rings is 8. The Morgan fingerprint density at radius 1 is 0.456 bits per heavy atom. The minimum atomic E-state index is -0.120. The minimum absolute atomic E-state index is 0.109. The molecule has 1 aliphatic rings. The molecule has 0 fully saturated rings. The van der Waals surface area contributed by atoms with Crippen molar-refractivity contribution >= 4 is 38.9 Å². The van der Waals surface area contributed by atoms with Gasteiger partial charge in [0.05, 0.1) is 22.4 Å². The molecule has 0 saturated carbocycles. The van der Waals surface area contributed by atoms with E-state index in [1.54, 1.807) is 0 Å². The maximum Gasteiger partial charge on any atom is 0.0581 e. The number of rotatable bonds is 6. The predicted octanol–water partition coefficient (Wildman–Crippen LogP) is 15.2. The van der Waals surface area contributed by atoms with E-state index in [4.69, 9.17) is 0 Å². The lowest BCUT2D eigenvalue weighted by Gasteiger charge is -2.29. The second kappa shape index (κ2) is 13.2. The quantitative estimate of drug-likeness (QED) is 0.165. The van der Waals surface area contributed by atoms with Crippen molar-refractivity contribution in [3.63, 3.8) is 0 Å². The molecule has 0 amide bonds. The summed E-state index contributed by atoms with van der Waals surface area (Å²) in [6.07, 6.45) is 0. The molecule has 1 aliphatic carbocycles. The Labute approximate surface area is 336 Å². The summed E-state index contributed by atoms with van der Waals surface area (Å²) in [5.74, 6) is 0. The van der Waals surface area contributed by atoms with Crippen LogP contribution in [0.3, 0.4) is 0 Å². The average Bonchev–Trinajstić information content (AvgIpc) is 3.69. The van der Waals surface area contributed by atoms with Crippen molar-refractivity contribution in [2.75, 3.05) is 4.90 Å². The zero-order valence-electron chi connectivity index (χ0n) is 33.3. The van der Waals surface area contributed by atoms with Crippen LogP contribution in [0.4, 0.5) is 17.1 Å². The van der Waals surface area contributed by atoms with Gasteiger partial charge in [0.25, 0.3) is 0 Å². The van der Waals surface area contributed by atoms with Gasteiger partial charge in [-0.2, -0.15) is 0 Å². The summed E-state index contributed by atoms with van der Waals surface area (Å²) >= 11 is 0. The molecule has 0 atom stereocenters. The molecular formula is C55H46N2. The van der Waals surface area contributed by atoms with Gasteiger partial charge in [-0.15, -0.1) is 0 Å². The van der Waals surface area contributed by atoms with Crippen LogP contribution in [-0.2, 0) is 10.8 Å². The van der Waals surface area contributed by atoms with E-state index in [0.717, 1.165) is 17.1 Å². The van der Waals surface area contributed by atoms with Crippen LogP contribution in [-0.4, -0.2) is 4.57 Å².